The van der Waals surface area contributed by atoms with Crippen molar-refractivity contribution >= 4 is 5.97 Å². The Bertz CT molecular complexity index is 929. The maximum atomic E-state index is 11.1. The molecule has 0 saturated heterocycles. The summed E-state index contributed by atoms with van der Waals surface area (Å²) in [7, 11) is 0. The first-order chi connectivity index (χ1) is 13.0. The molecule has 140 valence electrons. The molecule has 0 aliphatic rings. The summed E-state index contributed by atoms with van der Waals surface area (Å²) in [5.41, 5.74) is 6.28. The van der Waals surface area contributed by atoms with E-state index in [0.717, 1.165) is 34.5 Å². The molecule has 0 bridgehead atoms. The van der Waals surface area contributed by atoms with Gasteiger partial charge in [0.2, 0.25) is 0 Å². The molecule has 27 heavy (non-hydrogen) atoms. The van der Waals surface area contributed by atoms with Gasteiger partial charge in [-0.1, -0.05) is 49.4 Å². The number of benzene rings is 2. The normalized spacial score (nSPS) is 12.1. The summed E-state index contributed by atoms with van der Waals surface area (Å²) >= 11 is 0. The van der Waals surface area contributed by atoms with E-state index in [1.165, 1.54) is 5.56 Å². The van der Waals surface area contributed by atoms with E-state index in [0.29, 0.717) is 6.54 Å². The van der Waals surface area contributed by atoms with Crippen molar-refractivity contribution in [2.45, 2.75) is 39.8 Å². The third kappa shape index (κ3) is 4.26. The zero-order valence-corrected chi connectivity index (χ0v) is 15.9. The average molecular weight is 363 g/mol. The van der Waals surface area contributed by atoms with Crippen molar-refractivity contribution in [2.75, 3.05) is 0 Å². The lowest BCUT2D eigenvalue weighted by atomic mass is 10.0. The van der Waals surface area contributed by atoms with E-state index in [1.54, 1.807) is 6.92 Å². The Balaban J connectivity index is 2.00. The Morgan fingerprint density at radius 3 is 2.52 bits per heavy atom. The molecule has 3 rings (SSSR count). The molecule has 0 spiro atoms. The van der Waals surface area contributed by atoms with Crippen LogP contribution in [0.15, 0.2) is 54.7 Å². The van der Waals surface area contributed by atoms with Gasteiger partial charge in [-0.3, -0.25) is 4.79 Å². The van der Waals surface area contributed by atoms with Crippen molar-refractivity contribution in [3.05, 3.63) is 71.4 Å². The van der Waals surface area contributed by atoms with Crippen LogP contribution in [0.4, 0.5) is 0 Å². The smallest absolute Gasteiger partial charge is 0.320 e. The minimum Gasteiger partial charge on any atom is -0.480 e. The molecule has 2 N–H and O–H groups in total. The lowest BCUT2D eigenvalue weighted by molar-refractivity contribution is -0.139. The van der Waals surface area contributed by atoms with Crippen LogP contribution in [0, 0.1) is 6.92 Å². The van der Waals surface area contributed by atoms with E-state index in [4.69, 9.17) is 10.2 Å². The van der Waals surface area contributed by atoms with Gasteiger partial charge in [-0.05, 0) is 37.5 Å². The number of hydrogen-bond donors (Lipinski definition) is 2. The monoisotopic (exact) mass is 363 g/mol. The molecule has 2 aromatic carbocycles. The van der Waals surface area contributed by atoms with Gasteiger partial charge in [0.15, 0.2) is 0 Å². The van der Waals surface area contributed by atoms with Crippen molar-refractivity contribution in [1.29, 1.82) is 0 Å². The first kappa shape index (κ1) is 18.9. The predicted octanol–water partition coefficient (Wildman–Crippen LogP) is 3.97. The van der Waals surface area contributed by atoms with Crippen molar-refractivity contribution in [1.82, 2.24) is 15.1 Å². The van der Waals surface area contributed by atoms with Gasteiger partial charge >= 0.3 is 5.97 Å². The molecule has 0 aliphatic carbocycles. The van der Waals surface area contributed by atoms with Gasteiger partial charge in [0, 0.05) is 23.9 Å². The SMILES string of the molecule is CCc1ccc(-c2nn(-c3ccccc3C)cc2CNC(C)C(=O)O)cc1. The van der Waals surface area contributed by atoms with Gasteiger partial charge in [0.25, 0.3) is 0 Å². The second kappa shape index (κ2) is 8.18. The van der Waals surface area contributed by atoms with Crippen molar-refractivity contribution in [3.63, 3.8) is 0 Å². The third-order valence-electron chi connectivity index (χ3n) is 4.76. The maximum absolute atomic E-state index is 11.1. The van der Waals surface area contributed by atoms with Crippen LogP contribution in [-0.4, -0.2) is 26.9 Å². The Labute approximate surface area is 159 Å². The molecule has 0 aliphatic heterocycles. The fraction of sp³-hybridized carbons (Fsp3) is 0.273. The molecule has 1 unspecified atom stereocenters. The van der Waals surface area contributed by atoms with Crippen molar-refractivity contribution in [2.24, 2.45) is 0 Å². The number of carboxylic acids is 1. The van der Waals surface area contributed by atoms with E-state index in [2.05, 4.69) is 49.5 Å². The molecular weight excluding hydrogens is 338 g/mol. The number of aromatic nitrogens is 2. The highest BCUT2D eigenvalue weighted by Gasteiger charge is 2.16. The molecule has 1 atom stereocenters. The summed E-state index contributed by atoms with van der Waals surface area (Å²) in [4.78, 5) is 11.1. The van der Waals surface area contributed by atoms with Gasteiger partial charge in [0.1, 0.15) is 6.04 Å². The van der Waals surface area contributed by atoms with E-state index >= 15 is 0 Å². The average Bonchev–Trinajstić information content (AvgIpc) is 3.10. The highest BCUT2D eigenvalue weighted by Crippen LogP contribution is 2.25. The van der Waals surface area contributed by atoms with Gasteiger partial charge in [0.05, 0.1) is 11.4 Å². The molecule has 3 aromatic rings. The highest BCUT2D eigenvalue weighted by atomic mass is 16.4. The fourth-order valence-electron chi connectivity index (χ4n) is 2.97. The largest absolute Gasteiger partial charge is 0.480 e. The van der Waals surface area contributed by atoms with Gasteiger partial charge < -0.3 is 10.4 Å². The van der Waals surface area contributed by atoms with Crippen molar-refractivity contribution < 1.29 is 9.90 Å². The van der Waals surface area contributed by atoms with E-state index in [9.17, 15) is 4.79 Å². The van der Waals surface area contributed by atoms with Crippen LogP contribution >= 0.6 is 0 Å². The van der Waals surface area contributed by atoms with Crippen LogP contribution in [0.3, 0.4) is 0 Å². The summed E-state index contributed by atoms with van der Waals surface area (Å²) in [6, 6.07) is 15.8. The third-order valence-corrected chi connectivity index (χ3v) is 4.76. The van der Waals surface area contributed by atoms with Crippen molar-refractivity contribution in [3.8, 4) is 16.9 Å². The number of aryl methyl sites for hydroxylation is 2. The molecule has 0 saturated carbocycles. The Kier molecular flexibility index (Phi) is 5.72. The lowest BCUT2D eigenvalue weighted by Crippen LogP contribution is -2.33. The number of carbonyl (C=O) groups is 1. The van der Waals surface area contributed by atoms with Crippen LogP contribution < -0.4 is 5.32 Å². The van der Waals surface area contributed by atoms with E-state index in [-0.39, 0.29) is 0 Å². The maximum Gasteiger partial charge on any atom is 0.320 e. The summed E-state index contributed by atoms with van der Waals surface area (Å²) in [5.74, 6) is -0.866. The zero-order valence-electron chi connectivity index (χ0n) is 15.9. The van der Waals surface area contributed by atoms with Gasteiger partial charge in [-0.25, -0.2) is 4.68 Å². The number of nitrogens with one attached hydrogen (secondary N) is 1. The van der Waals surface area contributed by atoms with Crippen LogP contribution in [0.2, 0.25) is 0 Å². The number of rotatable bonds is 7. The molecule has 0 radical (unpaired) electrons. The topological polar surface area (TPSA) is 67.2 Å². The second-order valence-corrected chi connectivity index (χ2v) is 6.73. The Hall–Kier alpha value is -2.92. The molecule has 1 heterocycles. The Morgan fingerprint density at radius 1 is 1.19 bits per heavy atom. The first-order valence-corrected chi connectivity index (χ1v) is 9.19. The van der Waals surface area contributed by atoms with E-state index in [1.807, 2.05) is 29.1 Å². The standard InChI is InChI=1S/C22H25N3O2/c1-4-17-9-11-18(12-10-17)21-19(13-23-16(3)22(26)27)14-25(24-21)20-8-6-5-7-15(20)2/h5-12,14,16,23H,4,13H2,1-3H3,(H,26,27). The number of hydrogen-bond acceptors (Lipinski definition) is 3. The Morgan fingerprint density at radius 2 is 1.89 bits per heavy atom. The number of nitrogens with zero attached hydrogens (tertiary/aromatic N) is 2. The van der Waals surface area contributed by atoms with Crippen LogP contribution in [0.1, 0.15) is 30.5 Å². The van der Waals surface area contributed by atoms with Gasteiger partial charge in [-0.2, -0.15) is 5.10 Å². The number of aliphatic carboxylic acids is 1. The zero-order chi connectivity index (χ0) is 19.4. The summed E-state index contributed by atoms with van der Waals surface area (Å²) in [5, 5.41) is 17.0. The first-order valence-electron chi connectivity index (χ1n) is 9.19. The number of para-hydroxylation sites is 1. The minimum atomic E-state index is -0.866. The minimum absolute atomic E-state index is 0.435. The van der Waals surface area contributed by atoms with Gasteiger partial charge in [-0.15, -0.1) is 0 Å². The molecular formula is C22H25N3O2. The van der Waals surface area contributed by atoms with Crippen LogP contribution in [-0.2, 0) is 17.8 Å². The summed E-state index contributed by atoms with van der Waals surface area (Å²) < 4.78 is 1.88. The molecule has 5 heteroatoms. The molecule has 1 aromatic heterocycles. The number of carboxylic acid groups (broad SMARTS) is 1. The molecule has 5 nitrogen and oxygen atoms in total. The highest BCUT2D eigenvalue weighted by molar-refractivity contribution is 5.73. The fourth-order valence-corrected chi connectivity index (χ4v) is 2.97. The summed E-state index contributed by atoms with van der Waals surface area (Å²) in [6.45, 7) is 6.26. The summed E-state index contributed by atoms with van der Waals surface area (Å²) in [6.07, 6.45) is 2.97. The predicted molar refractivity (Wildman–Crippen MR) is 107 cm³/mol. The second-order valence-electron chi connectivity index (χ2n) is 6.73. The lowest BCUT2D eigenvalue weighted by Gasteiger charge is -2.09. The molecule has 0 fully saturated rings. The molecule has 0 amide bonds. The van der Waals surface area contributed by atoms with E-state index < -0.39 is 12.0 Å². The quantitative estimate of drug-likeness (QED) is 0.666. The van der Waals surface area contributed by atoms with Crippen LogP contribution in [0.5, 0.6) is 0 Å². The van der Waals surface area contributed by atoms with Crippen LogP contribution in [0.25, 0.3) is 16.9 Å².